The van der Waals surface area contributed by atoms with E-state index in [1.165, 1.54) is 11.4 Å². The summed E-state index contributed by atoms with van der Waals surface area (Å²) in [4.78, 5) is 4.32. The van der Waals surface area contributed by atoms with Crippen LogP contribution in [0.5, 0.6) is 0 Å². The maximum atomic E-state index is 4.88. The van der Waals surface area contributed by atoms with Crippen molar-refractivity contribution in [2.45, 2.75) is 12.8 Å². The van der Waals surface area contributed by atoms with Gasteiger partial charge in [0.15, 0.2) is 0 Å². The topological polar surface area (TPSA) is 27.1 Å². The summed E-state index contributed by atoms with van der Waals surface area (Å²) in [5.41, 5.74) is 2.59. The van der Waals surface area contributed by atoms with Crippen molar-refractivity contribution in [3.63, 3.8) is 0 Å². The number of hydrogen-bond acceptors (Lipinski definition) is 2. The van der Waals surface area contributed by atoms with E-state index < -0.39 is 0 Å². The van der Waals surface area contributed by atoms with Gasteiger partial charge in [0.2, 0.25) is 0 Å². The standard InChI is InChI=1S/C9H13N2O.V/c1-11-6-10-8-3-7(5-12-2)4-9(8)11;/h6-7H,2-5H2,1H3;/q-1;. The number of aromatic nitrogens is 2. The molecular formula is C9H13N2OV-. The molecule has 13 heavy (non-hydrogen) atoms. The summed E-state index contributed by atoms with van der Waals surface area (Å²) in [5, 5.41) is 0. The molecule has 3 nitrogen and oxygen atoms in total. The first kappa shape index (κ1) is 10.8. The number of fused-ring (bicyclic) bond motifs is 1. The molecule has 1 heterocycles. The zero-order chi connectivity index (χ0) is 8.55. The molecule has 0 aliphatic heterocycles. The molecule has 2 rings (SSSR count). The van der Waals surface area contributed by atoms with Gasteiger partial charge < -0.3 is 9.30 Å². The predicted molar refractivity (Wildman–Crippen MR) is 45.4 cm³/mol. The van der Waals surface area contributed by atoms with Gasteiger partial charge in [0.25, 0.3) is 0 Å². The van der Waals surface area contributed by atoms with Crippen LogP contribution in [0.2, 0.25) is 0 Å². The van der Waals surface area contributed by atoms with E-state index in [4.69, 9.17) is 4.74 Å². The molecule has 0 saturated heterocycles. The van der Waals surface area contributed by atoms with E-state index >= 15 is 0 Å². The third kappa shape index (κ3) is 1.98. The van der Waals surface area contributed by atoms with E-state index in [2.05, 4.69) is 16.7 Å². The van der Waals surface area contributed by atoms with E-state index in [-0.39, 0.29) is 18.6 Å². The summed E-state index contributed by atoms with van der Waals surface area (Å²) in [6.07, 6.45) is 4.01. The van der Waals surface area contributed by atoms with Crippen molar-refractivity contribution in [1.29, 1.82) is 0 Å². The quantitative estimate of drug-likeness (QED) is 0.688. The van der Waals surface area contributed by atoms with Crippen molar-refractivity contribution >= 4 is 0 Å². The third-order valence-corrected chi connectivity index (χ3v) is 2.46. The van der Waals surface area contributed by atoms with E-state index in [0.29, 0.717) is 5.92 Å². The average molecular weight is 216 g/mol. The van der Waals surface area contributed by atoms with E-state index in [9.17, 15) is 0 Å². The molecule has 1 unspecified atom stereocenters. The van der Waals surface area contributed by atoms with Gasteiger partial charge in [0.1, 0.15) is 0 Å². The first-order valence-corrected chi connectivity index (χ1v) is 4.17. The van der Waals surface area contributed by atoms with Crippen LogP contribution in [-0.4, -0.2) is 16.2 Å². The van der Waals surface area contributed by atoms with Crippen LogP contribution in [0, 0.1) is 13.0 Å². The molecule has 0 amide bonds. The Bertz CT molecular complexity index is 285. The first-order valence-electron chi connectivity index (χ1n) is 4.17. The molecule has 1 atom stereocenters. The van der Waals surface area contributed by atoms with Crippen molar-refractivity contribution in [1.82, 2.24) is 9.55 Å². The molecule has 4 heteroatoms. The summed E-state index contributed by atoms with van der Waals surface area (Å²) < 4.78 is 6.97. The fourth-order valence-electron chi connectivity index (χ4n) is 1.84. The molecule has 0 spiro atoms. The largest absolute Gasteiger partial charge is 0.555 e. The van der Waals surface area contributed by atoms with Crippen molar-refractivity contribution in [2.24, 2.45) is 13.0 Å². The Morgan fingerprint density at radius 3 is 3.08 bits per heavy atom. The third-order valence-electron chi connectivity index (χ3n) is 2.46. The number of ether oxygens (including phenoxy) is 1. The van der Waals surface area contributed by atoms with Crippen LogP contribution in [0.3, 0.4) is 0 Å². The molecule has 0 bridgehead atoms. The van der Waals surface area contributed by atoms with Crippen LogP contribution in [0.4, 0.5) is 0 Å². The molecule has 0 fully saturated rings. The molecule has 1 aliphatic rings. The van der Waals surface area contributed by atoms with Crippen LogP contribution in [0.15, 0.2) is 6.33 Å². The Morgan fingerprint density at radius 2 is 2.46 bits per heavy atom. The summed E-state index contributed by atoms with van der Waals surface area (Å²) >= 11 is 0. The van der Waals surface area contributed by atoms with Crippen molar-refractivity contribution < 1.29 is 23.3 Å². The fourth-order valence-corrected chi connectivity index (χ4v) is 1.84. The Balaban J connectivity index is 0.000000845. The summed E-state index contributed by atoms with van der Waals surface area (Å²) in [7, 11) is 5.43. The number of nitrogens with zero attached hydrogens (tertiary/aromatic N) is 2. The van der Waals surface area contributed by atoms with Crippen molar-refractivity contribution in [2.75, 3.05) is 6.61 Å². The van der Waals surface area contributed by atoms with Crippen molar-refractivity contribution in [3.05, 3.63) is 24.8 Å². The molecular weight excluding hydrogens is 203 g/mol. The van der Waals surface area contributed by atoms with Gasteiger partial charge in [-0.15, -0.1) is 0 Å². The Labute approximate surface area is 90.4 Å². The molecule has 71 valence electrons. The van der Waals surface area contributed by atoms with Gasteiger partial charge >= 0.3 is 0 Å². The van der Waals surface area contributed by atoms with E-state index in [1.54, 1.807) is 0 Å². The summed E-state index contributed by atoms with van der Waals surface area (Å²) in [6, 6.07) is 0. The number of aryl methyl sites for hydroxylation is 1. The fraction of sp³-hybridized carbons (Fsp3) is 0.556. The Morgan fingerprint density at radius 1 is 1.69 bits per heavy atom. The second kappa shape index (κ2) is 4.31. The minimum absolute atomic E-state index is 0. The zero-order valence-electron chi connectivity index (χ0n) is 7.73. The Kier molecular flexibility index (Phi) is 3.59. The second-order valence-electron chi connectivity index (χ2n) is 3.39. The minimum Gasteiger partial charge on any atom is -0.555 e. The maximum Gasteiger partial charge on any atom is 0.0949 e. The van der Waals surface area contributed by atoms with Crippen LogP contribution in [-0.2, 0) is 43.2 Å². The van der Waals surface area contributed by atoms with Crippen molar-refractivity contribution in [3.8, 4) is 0 Å². The van der Waals surface area contributed by atoms with Gasteiger partial charge in [-0.05, 0) is 18.8 Å². The molecule has 1 aromatic heterocycles. The van der Waals surface area contributed by atoms with Gasteiger partial charge in [-0.2, -0.15) is 0 Å². The molecule has 1 radical (unpaired) electrons. The second-order valence-corrected chi connectivity index (χ2v) is 3.39. The van der Waals surface area contributed by atoms with Gasteiger partial charge in [-0.3, -0.25) is 0 Å². The molecule has 0 aromatic carbocycles. The predicted octanol–water partition coefficient (Wildman–Crippen LogP) is 0.941. The van der Waals surface area contributed by atoms with Gasteiger partial charge in [-0.1, -0.05) is 0 Å². The SMILES string of the molecule is [CH2-]OCC1Cc2ncn(C)c2C1.[V]. The monoisotopic (exact) mass is 216 g/mol. The smallest absolute Gasteiger partial charge is 0.0949 e. The Hall–Kier alpha value is -0.246. The minimum atomic E-state index is 0. The van der Waals surface area contributed by atoms with E-state index in [1.807, 2.05) is 13.4 Å². The molecule has 1 aliphatic carbocycles. The number of hydrogen-bond donors (Lipinski definition) is 0. The van der Waals surface area contributed by atoms with Crippen LogP contribution >= 0.6 is 0 Å². The van der Waals surface area contributed by atoms with Gasteiger partial charge in [0.05, 0.1) is 12.0 Å². The first-order chi connectivity index (χ1) is 5.81. The number of rotatable bonds is 2. The number of imidazole rings is 1. The van der Waals surface area contributed by atoms with Crippen LogP contribution in [0.1, 0.15) is 11.4 Å². The normalized spacial score (nSPS) is 19.7. The van der Waals surface area contributed by atoms with E-state index in [0.717, 1.165) is 19.4 Å². The summed E-state index contributed by atoms with van der Waals surface area (Å²) in [5.74, 6) is 0.590. The van der Waals surface area contributed by atoms with Crippen LogP contribution < -0.4 is 0 Å². The maximum absolute atomic E-state index is 4.88. The van der Waals surface area contributed by atoms with Crippen LogP contribution in [0.25, 0.3) is 0 Å². The van der Waals surface area contributed by atoms with Gasteiger partial charge in [0, 0.05) is 37.9 Å². The zero-order valence-corrected chi connectivity index (χ0v) is 9.13. The molecule has 1 aromatic rings. The summed E-state index contributed by atoms with van der Waals surface area (Å²) in [6.45, 7) is 0.746. The average Bonchev–Trinajstić information content (AvgIpc) is 2.55. The van der Waals surface area contributed by atoms with Gasteiger partial charge in [-0.25, -0.2) is 12.1 Å². The molecule has 0 saturated carbocycles. The molecule has 0 N–H and O–H groups in total.